The van der Waals surface area contributed by atoms with Gasteiger partial charge in [-0.3, -0.25) is 0 Å². The van der Waals surface area contributed by atoms with E-state index in [1.807, 2.05) is 0 Å². The molecule has 0 aliphatic rings. The van der Waals surface area contributed by atoms with E-state index in [0.717, 1.165) is 0 Å². The molecule has 0 atom stereocenters. The summed E-state index contributed by atoms with van der Waals surface area (Å²) in [5.41, 5.74) is 5.70. The number of unbranched alkanes of at least 4 members (excludes halogenated alkanes) is 9. The highest BCUT2D eigenvalue weighted by Crippen LogP contribution is 2.30. The average Bonchev–Trinajstić information content (AvgIpc) is 3.14. The molecule has 0 heterocycles. The Morgan fingerprint density at radius 2 is 0.308 bits per heavy atom. The van der Waals surface area contributed by atoms with Crippen molar-refractivity contribution < 1.29 is 0 Å². The SMILES string of the molecule is CC(C)(C)/C=C/CCC(C)(C)C.CC(C)(C)/C=C/CCCC(C)(C)C.CC(C)(C)/C=C/CCCCC(C)(C)C.CC(C)(C)CCCCC(C)(C)C.CC(C)(C)CCCCCC(C)(C)C.CC(C)(C)CCCCCCC(C)(C)C. The maximum atomic E-state index is 2.34. The van der Waals surface area contributed by atoms with Crippen molar-refractivity contribution in [3.8, 4) is 0 Å². The molecular weight excluding hydrogens is 937 g/mol. The molecule has 0 nitrogen and oxygen atoms in total. The Kier molecular flexibility index (Phi) is 47.7. The molecule has 0 radical (unpaired) electrons. The molecule has 474 valence electrons. The lowest BCUT2D eigenvalue weighted by Gasteiger charge is -2.21. The lowest BCUT2D eigenvalue weighted by atomic mass is 9.85. The molecule has 0 aliphatic carbocycles. The number of hydrogen-bond acceptors (Lipinski definition) is 0. The fourth-order valence-electron chi connectivity index (χ4n) is 7.96. The van der Waals surface area contributed by atoms with Crippen LogP contribution in [0.5, 0.6) is 0 Å². The van der Waals surface area contributed by atoms with Gasteiger partial charge in [-0.1, -0.05) is 350 Å². The van der Waals surface area contributed by atoms with E-state index in [4.69, 9.17) is 0 Å². The van der Waals surface area contributed by atoms with Crippen molar-refractivity contribution in [3.63, 3.8) is 0 Å². The van der Waals surface area contributed by atoms with Gasteiger partial charge in [-0.2, -0.15) is 0 Å². The zero-order chi connectivity index (χ0) is 63.2. The van der Waals surface area contributed by atoms with Crippen LogP contribution in [0, 0.1) is 65.0 Å². The molecule has 0 fully saturated rings. The van der Waals surface area contributed by atoms with Gasteiger partial charge in [-0.15, -0.1) is 0 Å². The Hall–Kier alpha value is -0.780. The second kappa shape index (κ2) is 42.1. The molecule has 0 heteroatoms. The Morgan fingerprint density at radius 3 is 0.513 bits per heavy atom. The van der Waals surface area contributed by atoms with E-state index >= 15 is 0 Å². The van der Waals surface area contributed by atoms with E-state index in [1.54, 1.807) is 0 Å². The fourth-order valence-corrected chi connectivity index (χ4v) is 7.96. The van der Waals surface area contributed by atoms with Gasteiger partial charge in [0.15, 0.2) is 0 Å². The van der Waals surface area contributed by atoms with Crippen molar-refractivity contribution in [1.82, 2.24) is 0 Å². The molecule has 0 N–H and O–H groups in total. The zero-order valence-electron chi connectivity index (χ0n) is 62.4. The topological polar surface area (TPSA) is 0 Å². The molecule has 0 aromatic carbocycles. The van der Waals surface area contributed by atoms with Crippen LogP contribution in [-0.2, 0) is 0 Å². The average molecular weight is 1100 g/mol. The molecule has 0 rings (SSSR count). The summed E-state index contributed by atoms with van der Waals surface area (Å²) in [6.07, 6.45) is 46.4. The number of rotatable bonds is 21. The summed E-state index contributed by atoms with van der Waals surface area (Å²) in [4.78, 5) is 0. The van der Waals surface area contributed by atoms with Crippen molar-refractivity contribution in [1.29, 1.82) is 0 Å². The van der Waals surface area contributed by atoms with E-state index < -0.39 is 0 Å². The predicted octanol–water partition coefficient (Wildman–Crippen LogP) is 29.5. The Bertz CT molecular complexity index is 1330. The highest BCUT2D eigenvalue weighted by Gasteiger charge is 2.16. The summed E-state index contributed by atoms with van der Waals surface area (Å²) in [5, 5.41) is 0. The van der Waals surface area contributed by atoms with Crippen molar-refractivity contribution in [2.24, 2.45) is 65.0 Å². The third kappa shape index (κ3) is 118. The smallest absolute Gasteiger partial charge is 0.0203 e. The summed E-state index contributed by atoms with van der Waals surface area (Å²) in [6.45, 7) is 82.9. The summed E-state index contributed by atoms with van der Waals surface area (Å²) in [7, 11) is 0. The minimum Gasteiger partial charge on any atom is -0.0880 e. The van der Waals surface area contributed by atoms with Gasteiger partial charge in [-0.05, 0) is 155 Å². The Morgan fingerprint density at radius 1 is 0.154 bits per heavy atom. The first-order chi connectivity index (χ1) is 34.2. The molecule has 0 aromatic rings. The first-order valence-electron chi connectivity index (χ1n) is 33.3. The van der Waals surface area contributed by atoms with Gasteiger partial charge in [0.1, 0.15) is 0 Å². The standard InChI is InChI=1S/C14H30.C14H28.C13H28.C13H26.C12H26.C12H24/c2*1-13(2,3)11-9-7-8-10-12-14(4,5)6;2*1-12(2,3)10-8-7-9-11-13(4,5)6;2*1-11(2,3)9-7-8-10-12(4,5)6/h7-12H2,1-6H3;9,11H,7-8,10,12H2,1-6H3;7-11H2,1-6H3;8,10H,7,9,11H2,1-6H3;7-10H2,1-6H3;7,9H,8,10H2,1-6H3/b;11-9+;;10-8+;;9-7+. The third-order valence-corrected chi connectivity index (χ3v) is 12.8. The van der Waals surface area contributed by atoms with Crippen LogP contribution in [0.15, 0.2) is 36.5 Å². The molecule has 0 spiro atoms. The largest absolute Gasteiger partial charge is 0.0880 e. The second-order valence-corrected chi connectivity index (χ2v) is 38.7. The van der Waals surface area contributed by atoms with Gasteiger partial charge < -0.3 is 0 Å². The molecule has 0 unspecified atom stereocenters. The number of hydrogen-bond donors (Lipinski definition) is 0. The first kappa shape index (κ1) is 88.4. The van der Waals surface area contributed by atoms with Crippen LogP contribution in [0.2, 0.25) is 0 Å². The van der Waals surface area contributed by atoms with Crippen LogP contribution in [0.1, 0.15) is 403 Å². The van der Waals surface area contributed by atoms with Crippen molar-refractivity contribution in [3.05, 3.63) is 36.5 Å². The Labute approximate surface area is 502 Å². The Balaban J connectivity index is -0.000000200. The van der Waals surface area contributed by atoms with Gasteiger partial charge in [-0.25, -0.2) is 0 Å². The van der Waals surface area contributed by atoms with Gasteiger partial charge in [0.2, 0.25) is 0 Å². The highest BCUT2D eigenvalue weighted by molar-refractivity contribution is 4.94. The molecule has 0 saturated carbocycles. The highest BCUT2D eigenvalue weighted by atomic mass is 14.2. The molecule has 0 saturated heterocycles. The summed E-state index contributed by atoms with van der Waals surface area (Å²) in [5.74, 6) is 0. The number of allylic oxidation sites excluding steroid dienone is 6. The maximum Gasteiger partial charge on any atom is -0.0203 e. The van der Waals surface area contributed by atoms with E-state index in [2.05, 4.69) is 286 Å². The fraction of sp³-hybridized carbons (Fsp3) is 0.923. The van der Waals surface area contributed by atoms with E-state index in [0.29, 0.717) is 65.0 Å². The normalized spacial score (nSPS) is 13.7. The van der Waals surface area contributed by atoms with Crippen LogP contribution in [0.25, 0.3) is 0 Å². The lowest BCUT2D eigenvalue weighted by molar-refractivity contribution is 0.318. The van der Waals surface area contributed by atoms with Gasteiger partial charge in [0.05, 0.1) is 0 Å². The van der Waals surface area contributed by atoms with Gasteiger partial charge in [0, 0.05) is 0 Å². The summed E-state index contributed by atoms with van der Waals surface area (Å²) < 4.78 is 0. The molecule has 0 bridgehead atoms. The minimum atomic E-state index is 0.345. The molecule has 0 amide bonds. The molecule has 0 aromatic heterocycles. The third-order valence-electron chi connectivity index (χ3n) is 12.8. The minimum absolute atomic E-state index is 0.345. The van der Waals surface area contributed by atoms with Crippen LogP contribution >= 0.6 is 0 Å². The first-order valence-corrected chi connectivity index (χ1v) is 33.3. The van der Waals surface area contributed by atoms with Crippen molar-refractivity contribution in [2.45, 2.75) is 403 Å². The van der Waals surface area contributed by atoms with Gasteiger partial charge >= 0.3 is 0 Å². The van der Waals surface area contributed by atoms with Crippen molar-refractivity contribution in [2.75, 3.05) is 0 Å². The van der Waals surface area contributed by atoms with Gasteiger partial charge in [0.25, 0.3) is 0 Å². The van der Waals surface area contributed by atoms with E-state index in [-0.39, 0.29) is 0 Å². The van der Waals surface area contributed by atoms with Crippen LogP contribution in [0.3, 0.4) is 0 Å². The van der Waals surface area contributed by atoms with E-state index in [1.165, 1.54) is 154 Å². The predicted molar refractivity (Wildman–Crippen MR) is 372 cm³/mol. The maximum absolute atomic E-state index is 2.34. The molecule has 78 heavy (non-hydrogen) atoms. The monoisotopic (exact) mass is 1100 g/mol. The molecular formula is C78H162. The summed E-state index contributed by atoms with van der Waals surface area (Å²) in [6, 6.07) is 0. The van der Waals surface area contributed by atoms with Crippen LogP contribution < -0.4 is 0 Å². The lowest BCUT2D eigenvalue weighted by Crippen LogP contribution is -2.07. The van der Waals surface area contributed by atoms with Crippen LogP contribution in [-0.4, -0.2) is 0 Å². The molecule has 0 aliphatic heterocycles. The zero-order valence-corrected chi connectivity index (χ0v) is 62.4. The van der Waals surface area contributed by atoms with Crippen LogP contribution in [0.4, 0.5) is 0 Å². The quantitative estimate of drug-likeness (QED) is 0.0794. The van der Waals surface area contributed by atoms with Crippen molar-refractivity contribution >= 4 is 0 Å². The summed E-state index contributed by atoms with van der Waals surface area (Å²) >= 11 is 0. The van der Waals surface area contributed by atoms with E-state index in [9.17, 15) is 0 Å². The second-order valence-electron chi connectivity index (χ2n) is 38.7.